The molecule has 2 nitrogen and oxygen atoms in total. The SMILES string of the molecule is Cc1cc(C(c2ccccc2)c2ccccc2)c(-n2[c-][n+](-c3c(C(c4ccccc4)c4ccccc4)cc(C)cc3C(c3ccccc3)c3ccccc3)cc2)c(C(c2ccccc2)c2ccccc2)c1. The van der Waals surface area contributed by atoms with Gasteiger partial charge in [-0.15, -0.1) is 0 Å². The van der Waals surface area contributed by atoms with E-state index in [0.717, 1.165) is 11.4 Å². The first-order chi connectivity index (χ1) is 35.1. The van der Waals surface area contributed by atoms with Crippen LogP contribution in [0.1, 0.15) is 102 Å². The van der Waals surface area contributed by atoms with Crippen LogP contribution in [0.15, 0.2) is 279 Å². The van der Waals surface area contributed by atoms with E-state index in [1.54, 1.807) is 0 Å². The summed E-state index contributed by atoms with van der Waals surface area (Å²) in [4.78, 5) is 0. The molecule has 71 heavy (non-hydrogen) atoms. The maximum Gasteiger partial charge on any atom is 0.268 e. The van der Waals surface area contributed by atoms with Crippen LogP contribution in [0, 0.1) is 20.2 Å². The predicted octanol–water partition coefficient (Wildman–Crippen LogP) is 15.9. The Kier molecular flexibility index (Phi) is 13.0. The Bertz CT molecular complexity index is 2860. The van der Waals surface area contributed by atoms with E-state index in [1.165, 1.54) is 77.9 Å². The van der Waals surface area contributed by atoms with Gasteiger partial charge in [-0.2, -0.15) is 0 Å². The molecule has 0 aliphatic heterocycles. The Morgan fingerprint density at radius 1 is 0.310 bits per heavy atom. The lowest BCUT2D eigenvalue weighted by molar-refractivity contribution is -0.600. The standard InChI is InChI=1S/C69H56N2/c1-50-45-60(64(52-27-11-3-12-28-52)53-29-13-4-14-30-53)68(61(46-50)65(54-31-15-5-16-32-54)55-33-17-6-18-34-55)70-43-44-71(49-70)69-62(66(56-35-19-7-20-36-56)57-37-21-8-22-38-57)47-51(2)48-63(69)67(58-39-23-9-24-40-58)59-41-25-10-26-42-59/h3-48,64-67H,1-2H3. The largest absolute Gasteiger partial charge is 0.298 e. The molecular formula is C69H56N2. The van der Waals surface area contributed by atoms with Crippen molar-refractivity contribution < 1.29 is 4.57 Å². The van der Waals surface area contributed by atoms with E-state index < -0.39 is 0 Å². The molecule has 0 saturated carbocycles. The Hall–Kier alpha value is -8.59. The molecule has 0 N–H and O–H groups in total. The zero-order valence-corrected chi connectivity index (χ0v) is 40.3. The van der Waals surface area contributed by atoms with Gasteiger partial charge in [-0.1, -0.05) is 278 Å². The van der Waals surface area contributed by atoms with Gasteiger partial charge in [0, 0.05) is 36.1 Å². The first-order valence-electron chi connectivity index (χ1n) is 24.8. The smallest absolute Gasteiger partial charge is 0.268 e. The van der Waals surface area contributed by atoms with Gasteiger partial charge in [-0.3, -0.25) is 9.13 Å². The molecule has 11 aromatic rings. The Labute approximate surface area is 419 Å². The van der Waals surface area contributed by atoms with E-state index >= 15 is 0 Å². The lowest BCUT2D eigenvalue weighted by Crippen LogP contribution is -2.34. The van der Waals surface area contributed by atoms with Crippen molar-refractivity contribution in [3.8, 4) is 11.4 Å². The number of hydrogen-bond acceptors (Lipinski definition) is 0. The molecule has 0 spiro atoms. The topological polar surface area (TPSA) is 8.81 Å². The van der Waals surface area contributed by atoms with Crippen molar-refractivity contribution >= 4 is 0 Å². The molecule has 0 amide bonds. The second-order valence-corrected chi connectivity index (χ2v) is 18.7. The second-order valence-electron chi connectivity index (χ2n) is 18.7. The van der Waals surface area contributed by atoms with E-state index in [9.17, 15) is 0 Å². The minimum Gasteiger partial charge on any atom is -0.298 e. The molecule has 0 aliphatic carbocycles. The molecule has 11 rings (SSSR count). The molecule has 2 heteroatoms. The van der Waals surface area contributed by atoms with Crippen molar-refractivity contribution in [1.29, 1.82) is 0 Å². The third kappa shape index (κ3) is 9.33. The number of benzene rings is 10. The monoisotopic (exact) mass is 912 g/mol. The fraction of sp³-hybridized carbons (Fsp3) is 0.0870. The summed E-state index contributed by atoms with van der Waals surface area (Å²) in [5.41, 5.74) is 19.4. The van der Waals surface area contributed by atoms with E-state index in [-0.39, 0.29) is 23.7 Å². The summed E-state index contributed by atoms with van der Waals surface area (Å²) in [5.74, 6) is -0.300. The average molecular weight is 913 g/mol. The van der Waals surface area contributed by atoms with Gasteiger partial charge >= 0.3 is 0 Å². The quantitative estimate of drug-likeness (QED) is 0.0584. The third-order valence-corrected chi connectivity index (χ3v) is 14.0. The molecule has 0 saturated heterocycles. The van der Waals surface area contributed by atoms with Crippen molar-refractivity contribution in [3.05, 3.63) is 364 Å². The molecule has 0 aliphatic rings. The normalized spacial score (nSPS) is 11.5. The minimum absolute atomic E-state index is 0.0749. The zero-order chi connectivity index (χ0) is 47.9. The summed E-state index contributed by atoms with van der Waals surface area (Å²) in [6, 6.07) is 97.7. The average Bonchev–Trinajstić information content (AvgIpc) is 3.91. The number of nitrogens with zero attached hydrogens (tertiary/aromatic N) is 2. The number of rotatable bonds is 14. The van der Waals surface area contributed by atoms with Gasteiger partial charge < -0.3 is 0 Å². The van der Waals surface area contributed by atoms with Crippen LogP contribution in [0.2, 0.25) is 0 Å². The maximum atomic E-state index is 4.11. The van der Waals surface area contributed by atoms with Crippen LogP contribution < -0.4 is 4.57 Å². The molecule has 1 heterocycles. The molecule has 10 aromatic carbocycles. The van der Waals surface area contributed by atoms with Crippen LogP contribution in [0.5, 0.6) is 0 Å². The highest BCUT2D eigenvalue weighted by Gasteiger charge is 2.31. The molecular weight excluding hydrogens is 857 g/mol. The minimum atomic E-state index is -0.0749. The molecule has 0 unspecified atom stereocenters. The van der Waals surface area contributed by atoms with Crippen LogP contribution >= 0.6 is 0 Å². The molecule has 0 atom stereocenters. The first-order valence-corrected chi connectivity index (χ1v) is 24.8. The number of hydrogen-bond donors (Lipinski definition) is 0. The van der Waals surface area contributed by atoms with Crippen LogP contribution in [-0.2, 0) is 0 Å². The summed E-state index contributed by atoms with van der Waals surface area (Å²) >= 11 is 0. The molecule has 342 valence electrons. The highest BCUT2D eigenvalue weighted by Crippen LogP contribution is 2.45. The van der Waals surface area contributed by atoms with Gasteiger partial charge in [0.2, 0.25) is 0 Å². The highest BCUT2D eigenvalue weighted by molar-refractivity contribution is 5.63. The second kappa shape index (κ2) is 20.6. The van der Waals surface area contributed by atoms with E-state index in [4.69, 9.17) is 0 Å². The lowest BCUT2D eigenvalue weighted by Gasteiger charge is -2.29. The predicted molar refractivity (Wildman–Crippen MR) is 291 cm³/mol. The van der Waals surface area contributed by atoms with Crippen LogP contribution in [0.4, 0.5) is 0 Å². The number of imidazole rings is 1. The van der Waals surface area contributed by atoms with Gasteiger partial charge in [-0.25, -0.2) is 0 Å². The summed E-state index contributed by atoms with van der Waals surface area (Å²) < 4.78 is 4.60. The van der Waals surface area contributed by atoms with E-state index in [1.807, 2.05) is 0 Å². The van der Waals surface area contributed by atoms with Crippen LogP contribution in [0.25, 0.3) is 11.4 Å². The number of aromatic nitrogens is 2. The van der Waals surface area contributed by atoms with E-state index in [0.29, 0.717) is 0 Å². The Morgan fingerprint density at radius 3 is 0.789 bits per heavy atom. The number of aryl methyl sites for hydroxylation is 2. The lowest BCUT2D eigenvalue weighted by atomic mass is 9.78. The van der Waals surface area contributed by atoms with Crippen molar-refractivity contribution in [3.63, 3.8) is 0 Å². The fourth-order valence-corrected chi connectivity index (χ4v) is 11.0. The Balaban J connectivity index is 1.24. The van der Waals surface area contributed by atoms with E-state index in [2.05, 4.69) is 309 Å². The molecule has 0 radical (unpaired) electrons. The summed E-state index contributed by atoms with van der Waals surface area (Å²) in [6.45, 7) is 4.50. The van der Waals surface area contributed by atoms with Gasteiger partial charge in [0.15, 0.2) is 0 Å². The zero-order valence-electron chi connectivity index (χ0n) is 40.3. The summed E-state index contributed by atoms with van der Waals surface area (Å²) in [7, 11) is 0. The third-order valence-electron chi connectivity index (χ3n) is 14.0. The Morgan fingerprint density at radius 2 is 0.535 bits per heavy atom. The summed E-state index contributed by atoms with van der Waals surface area (Å²) in [6.07, 6.45) is 8.59. The van der Waals surface area contributed by atoms with Crippen molar-refractivity contribution in [2.75, 3.05) is 0 Å². The van der Waals surface area contributed by atoms with Gasteiger partial charge in [-0.05, 0) is 80.6 Å². The van der Waals surface area contributed by atoms with Gasteiger partial charge in [0.25, 0.3) is 6.33 Å². The van der Waals surface area contributed by atoms with Crippen molar-refractivity contribution in [2.45, 2.75) is 37.5 Å². The van der Waals surface area contributed by atoms with Crippen molar-refractivity contribution in [2.24, 2.45) is 0 Å². The summed E-state index contributed by atoms with van der Waals surface area (Å²) in [5, 5.41) is 0. The van der Waals surface area contributed by atoms with Crippen molar-refractivity contribution in [1.82, 2.24) is 4.57 Å². The van der Waals surface area contributed by atoms with Gasteiger partial charge in [0.05, 0.1) is 11.4 Å². The molecule has 0 fully saturated rings. The molecule has 0 bridgehead atoms. The van der Waals surface area contributed by atoms with Crippen LogP contribution in [0.3, 0.4) is 0 Å². The van der Waals surface area contributed by atoms with Gasteiger partial charge in [0.1, 0.15) is 0 Å². The maximum absolute atomic E-state index is 4.11. The molecule has 1 aromatic heterocycles. The highest BCUT2D eigenvalue weighted by atomic mass is 15.1. The first kappa shape index (κ1) is 44.9. The van der Waals surface area contributed by atoms with Crippen LogP contribution in [-0.4, -0.2) is 4.57 Å². The fourth-order valence-electron chi connectivity index (χ4n) is 11.0.